The Kier molecular flexibility index (Phi) is 5.06. The highest BCUT2D eigenvalue weighted by molar-refractivity contribution is 6.31. The summed E-state index contributed by atoms with van der Waals surface area (Å²) in [5.41, 5.74) is 5.13. The third-order valence-corrected chi connectivity index (χ3v) is 2.75. The van der Waals surface area contributed by atoms with Gasteiger partial charge in [0.1, 0.15) is 5.56 Å². The average molecular weight is 272 g/mol. The molecule has 1 rings (SSSR count). The molecule has 0 fully saturated rings. The van der Waals surface area contributed by atoms with E-state index in [2.05, 4.69) is 5.32 Å². The molecule has 0 heterocycles. The van der Waals surface area contributed by atoms with Crippen molar-refractivity contribution in [1.29, 1.82) is 0 Å². The first-order chi connectivity index (χ1) is 8.49. The van der Waals surface area contributed by atoms with Crippen LogP contribution in [0.15, 0.2) is 18.2 Å². The molecule has 0 aromatic heterocycles. The van der Waals surface area contributed by atoms with E-state index >= 15 is 0 Å². The molecular formula is C11H14ClN3O3. The van der Waals surface area contributed by atoms with Crippen LogP contribution < -0.4 is 11.1 Å². The zero-order chi connectivity index (χ0) is 13.7. The minimum atomic E-state index is -0.616. The molecule has 98 valence electrons. The van der Waals surface area contributed by atoms with E-state index in [4.69, 9.17) is 17.3 Å². The zero-order valence-corrected chi connectivity index (χ0v) is 10.6. The zero-order valence-electron chi connectivity index (χ0n) is 9.85. The number of hydrogen-bond acceptors (Lipinski definition) is 4. The minimum Gasteiger partial charge on any atom is -0.348 e. The normalized spacial score (nSPS) is 11.9. The van der Waals surface area contributed by atoms with Gasteiger partial charge < -0.3 is 11.1 Å². The van der Waals surface area contributed by atoms with E-state index in [1.807, 2.05) is 6.92 Å². The monoisotopic (exact) mass is 271 g/mol. The van der Waals surface area contributed by atoms with Crippen molar-refractivity contribution in [3.63, 3.8) is 0 Å². The molecule has 0 aliphatic rings. The number of nitro benzene ring substituents is 1. The van der Waals surface area contributed by atoms with Crippen LogP contribution in [0.3, 0.4) is 0 Å². The summed E-state index contributed by atoms with van der Waals surface area (Å²) in [6, 6.07) is 3.64. The first kappa shape index (κ1) is 14.4. The van der Waals surface area contributed by atoms with Crippen molar-refractivity contribution in [1.82, 2.24) is 5.32 Å². The van der Waals surface area contributed by atoms with E-state index < -0.39 is 10.8 Å². The van der Waals surface area contributed by atoms with Gasteiger partial charge in [0, 0.05) is 23.7 Å². The summed E-state index contributed by atoms with van der Waals surface area (Å²) >= 11 is 5.74. The lowest BCUT2D eigenvalue weighted by atomic mass is 10.1. The van der Waals surface area contributed by atoms with Crippen LogP contribution in [0.5, 0.6) is 0 Å². The first-order valence-corrected chi connectivity index (χ1v) is 5.82. The van der Waals surface area contributed by atoms with Crippen molar-refractivity contribution in [3.05, 3.63) is 38.9 Å². The van der Waals surface area contributed by atoms with Crippen LogP contribution in [0.4, 0.5) is 5.69 Å². The van der Waals surface area contributed by atoms with Crippen LogP contribution >= 0.6 is 11.6 Å². The summed E-state index contributed by atoms with van der Waals surface area (Å²) < 4.78 is 0. The molecule has 1 amide bonds. The Balaban J connectivity index is 3.03. The minimum absolute atomic E-state index is 0.0561. The molecule has 0 saturated carbocycles. The van der Waals surface area contributed by atoms with Gasteiger partial charge in [-0.3, -0.25) is 14.9 Å². The standard InChI is InChI=1S/C11H14ClN3O3/c1-2-8(6-13)14-11(16)9-5-7(12)3-4-10(9)15(17)18/h3-5,8H,2,6,13H2,1H3,(H,14,16). The maximum Gasteiger partial charge on any atom is 0.282 e. The van der Waals surface area contributed by atoms with Crippen molar-refractivity contribution in [2.45, 2.75) is 19.4 Å². The Labute approximate surface area is 109 Å². The number of carbonyl (C=O) groups excluding carboxylic acids is 1. The van der Waals surface area contributed by atoms with Gasteiger partial charge in [0.25, 0.3) is 11.6 Å². The molecule has 1 aromatic rings. The van der Waals surface area contributed by atoms with Crippen molar-refractivity contribution in [2.75, 3.05) is 6.54 Å². The highest BCUT2D eigenvalue weighted by Crippen LogP contribution is 2.22. The van der Waals surface area contributed by atoms with Crippen LogP contribution in [0, 0.1) is 10.1 Å². The van der Waals surface area contributed by atoms with Crippen LogP contribution in [0.2, 0.25) is 5.02 Å². The van der Waals surface area contributed by atoms with Crippen LogP contribution in [-0.4, -0.2) is 23.4 Å². The molecule has 7 heteroatoms. The summed E-state index contributed by atoms with van der Waals surface area (Å²) in [5.74, 6) is -0.540. The van der Waals surface area contributed by atoms with Crippen molar-refractivity contribution < 1.29 is 9.72 Å². The number of benzene rings is 1. The predicted molar refractivity (Wildman–Crippen MR) is 68.7 cm³/mol. The van der Waals surface area contributed by atoms with E-state index in [9.17, 15) is 14.9 Å². The van der Waals surface area contributed by atoms with E-state index in [1.54, 1.807) is 0 Å². The van der Waals surface area contributed by atoms with Crippen molar-refractivity contribution in [3.8, 4) is 0 Å². The number of hydrogen-bond donors (Lipinski definition) is 2. The van der Waals surface area contributed by atoms with Gasteiger partial charge in [0.2, 0.25) is 0 Å². The summed E-state index contributed by atoms with van der Waals surface area (Å²) in [4.78, 5) is 22.1. The van der Waals surface area contributed by atoms with Crippen LogP contribution in [0.1, 0.15) is 23.7 Å². The van der Waals surface area contributed by atoms with Crippen LogP contribution in [-0.2, 0) is 0 Å². The SMILES string of the molecule is CCC(CN)NC(=O)c1cc(Cl)ccc1[N+](=O)[O-]. The van der Waals surface area contributed by atoms with Gasteiger partial charge >= 0.3 is 0 Å². The van der Waals surface area contributed by atoms with Gasteiger partial charge in [-0.15, -0.1) is 0 Å². The Bertz CT molecular complexity index is 461. The highest BCUT2D eigenvalue weighted by Gasteiger charge is 2.21. The van der Waals surface area contributed by atoms with Gasteiger partial charge in [-0.25, -0.2) is 0 Å². The molecule has 0 bridgehead atoms. The Morgan fingerprint density at radius 2 is 2.28 bits per heavy atom. The largest absolute Gasteiger partial charge is 0.348 e. The molecule has 0 radical (unpaired) electrons. The summed E-state index contributed by atoms with van der Waals surface area (Å²) in [6.45, 7) is 2.14. The lowest BCUT2D eigenvalue weighted by Gasteiger charge is -2.14. The maximum atomic E-state index is 11.9. The second kappa shape index (κ2) is 6.32. The lowest BCUT2D eigenvalue weighted by molar-refractivity contribution is -0.385. The average Bonchev–Trinajstić information content (AvgIpc) is 2.35. The van der Waals surface area contributed by atoms with Gasteiger partial charge in [-0.2, -0.15) is 0 Å². The molecular weight excluding hydrogens is 258 g/mol. The fourth-order valence-corrected chi connectivity index (χ4v) is 1.61. The van der Waals surface area contributed by atoms with Gasteiger partial charge in [-0.1, -0.05) is 18.5 Å². The van der Waals surface area contributed by atoms with Crippen molar-refractivity contribution >= 4 is 23.2 Å². The Morgan fingerprint density at radius 1 is 1.61 bits per heavy atom. The molecule has 0 spiro atoms. The predicted octanol–water partition coefficient (Wildman–Crippen LogP) is 1.72. The third kappa shape index (κ3) is 3.41. The second-order valence-corrected chi connectivity index (χ2v) is 4.17. The molecule has 1 atom stereocenters. The molecule has 6 nitrogen and oxygen atoms in total. The number of rotatable bonds is 5. The lowest BCUT2D eigenvalue weighted by Crippen LogP contribution is -2.39. The molecule has 1 unspecified atom stereocenters. The third-order valence-electron chi connectivity index (χ3n) is 2.51. The number of nitrogens with zero attached hydrogens (tertiary/aromatic N) is 1. The molecule has 3 N–H and O–H groups in total. The summed E-state index contributed by atoms with van der Waals surface area (Å²) in [5, 5.41) is 13.7. The van der Waals surface area contributed by atoms with Gasteiger partial charge in [0.15, 0.2) is 0 Å². The van der Waals surface area contributed by atoms with Gasteiger partial charge in [-0.05, 0) is 18.6 Å². The number of nitro groups is 1. The quantitative estimate of drug-likeness (QED) is 0.629. The molecule has 0 aliphatic heterocycles. The van der Waals surface area contributed by atoms with E-state index in [-0.39, 0.29) is 28.9 Å². The summed E-state index contributed by atoms with van der Waals surface area (Å²) in [7, 11) is 0. The van der Waals surface area contributed by atoms with Gasteiger partial charge in [0.05, 0.1) is 4.92 Å². The number of nitrogens with one attached hydrogen (secondary N) is 1. The second-order valence-electron chi connectivity index (χ2n) is 3.73. The Hall–Kier alpha value is -1.66. The highest BCUT2D eigenvalue weighted by atomic mass is 35.5. The Morgan fingerprint density at radius 3 is 2.78 bits per heavy atom. The summed E-state index contributed by atoms with van der Waals surface area (Å²) in [6.07, 6.45) is 0.649. The van der Waals surface area contributed by atoms with E-state index in [1.165, 1.54) is 18.2 Å². The number of carbonyl (C=O) groups is 1. The maximum absolute atomic E-state index is 11.9. The number of halogens is 1. The molecule has 0 aliphatic carbocycles. The topological polar surface area (TPSA) is 98.3 Å². The van der Waals surface area contributed by atoms with Crippen LogP contribution in [0.25, 0.3) is 0 Å². The molecule has 0 saturated heterocycles. The number of nitrogens with two attached hydrogens (primary N) is 1. The van der Waals surface area contributed by atoms with E-state index in [0.717, 1.165) is 0 Å². The van der Waals surface area contributed by atoms with Crippen molar-refractivity contribution in [2.24, 2.45) is 5.73 Å². The molecule has 1 aromatic carbocycles. The molecule has 18 heavy (non-hydrogen) atoms. The number of amides is 1. The first-order valence-electron chi connectivity index (χ1n) is 5.44. The van der Waals surface area contributed by atoms with E-state index in [0.29, 0.717) is 6.42 Å². The fraction of sp³-hybridized carbons (Fsp3) is 0.364. The fourth-order valence-electron chi connectivity index (χ4n) is 1.44. The smallest absolute Gasteiger partial charge is 0.282 e.